The minimum absolute atomic E-state index is 0.356. The highest BCUT2D eigenvalue weighted by molar-refractivity contribution is 6.00. The van der Waals surface area contributed by atoms with Gasteiger partial charge in [0.05, 0.1) is 11.4 Å². The maximum atomic E-state index is 12.1. The van der Waals surface area contributed by atoms with Crippen LogP contribution in [0.1, 0.15) is 18.2 Å². The summed E-state index contributed by atoms with van der Waals surface area (Å²) in [6.45, 7) is 2.36. The van der Waals surface area contributed by atoms with Crippen LogP contribution in [-0.4, -0.2) is 23.8 Å². The highest BCUT2D eigenvalue weighted by atomic mass is 16.6. The topological polar surface area (TPSA) is 58.9 Å². The van der Waals surface area contributed by atoms with Crippen LogP contribution < -0.4 is 14.2 Å². The van der Waals surface area contributed by atoms with Crippen LogP contribution in [0.5, 0.6) is 17.2 Å². The second-order valence-electron chi connectivity index (χ2n) is 7.61. The van der Waals surface area contributed by atoms with E-state index >= 15 is 0 Å². The number of rotatable bonds is 2. The molecule has 3 heterocycles. The Hall–Kier alpha value is -4.19. The Morgan fingerprint density at radius 3 is 2.53 bits per heavy atom. The standard InChI is InChI=1S/C26H19NO5/c1-16(28)31-26-20-10-5-11-27(20)21-14-23-24(30-13-12-29-23)15-22(21)32-25(26)19-9-4-7-17-6-2-3-8-18(17)19/h2-11,14-15H,12-13H2,1H3. The predicted molar refractivity (Wildman–Crippen MR) is 120 cm³/mol. The van der Waals surface area contributed by atoms with Crippen molar-refractivity contribution in [3.8, 4) is 22.9 Å². The van der Waals surface area contributed by atoms with Gasteiger partial charge in [-0.1, -0.05) is 42.5 Å². The molecule has 0 bridgehead atoms. The summed E-state index contributed by atoms with van der Waals surface area (Å²) in [6, 6.07) is 21.6. The average molecular weight is 425 g/mol. The van der Waals surface area contributed by atoms with Crippen molar-refractivity contribution in [1.29, 1.82) is 0 Å². The third kappa shape index (κ3) is 2.92. The minimum Gasteiger partial charge on any atom is -0.486 e. The van der Waals surface area contributed by atoms with Crippen molar-refractivity contribution in [2.75, 3.05) is 13.2 Å². The molecular formula is C26H19NO5. The molecular weight excluding hydrogens is 406 g/mol. The molecule has 0 fully saturated rings. The number of carbonyl (C=O) groups excluding carboxylic acids is 1. The number of fused-ring (bicyclic) bond motifs is 5. The summed E-state index contributed by atoms with van der Waals surface area (Å²) in [5.41, 5.74) is 2.31. The predicted octanol–water partition coefficient (Wildman–Crippen LogP) is 5.18. The Balaban J connectivity index is 1.66. The van der Waals surface area contributed by atoms with Gasteiger partial charge in [0.1, 0.15) is 13.2 Å². The molecule has 2 aliphatic heterocycles. The Morgan fingerprint density at radius 1 is 0.906 bits per heavy atom. The van der Waals surface area contributed by atoms with E-state index in [1.165, 1.54) is 6.92 Å². The number of hydrogen-bond donors (Lipinski definition) is 0. The van der Waals surface area contributed by atoms with Crippen LogP contribution in [0, 0.1) is 0 Å². The summed E-state index contributed by atoms with van der Waals surface area (Å²) < 4.78 is 25.8. The van der Waals surface area contributed by atoms with Crippen LogP contribution in [0.2, 0.25) is 0 Å². The number of benzene rings is 3. The SMILES string of the molecule is CC(=O)OC1=C(c2cccc3ccccc23)Oc2cc3c(cc2-n2cccc21)OCCO3. The molecule has 0 N–H and O–H groups in total. The van der Waals surface area contributed by atoms with Gasteiger partial charge in [0.2, 0.25) is 0 Å². The second-order valence-corrected chi connectivity index (χ2v) is 7.61. The first-order chi connectivity index (χ1) is 15.7. The van der Waals surface area contributed by atoms with E-state index in [0.29, 0.717) is 47.7 Å². The largest absolute Gasteiger partial charge is 0.486 e. The molecule has 2 aliphatic rings. The Morgan fingerprint density at radius 2 is 1.69 bits per heavy atom. The maximum Gasteiger partial charge on any atom is 0.308 e. The number of carbonyl (C=O) groups is 1. The smallest absolute Gasteiger partial charge is 0.308 e. The van der Waals surface area contributed by atoms with Gasteiger partial charge in [0, 0.05) is 30.8 Å². The van der Waals surface area contributed by atoms with E-state index in [1.807, 2.05) is 77.5 Å². The lowest BCUT2D eigenvalue weighted by atomic mass is 10.0. The summed E-state index contributed by atoms with van der Waals surface area (Å²) in [5.74, 6) is 2.25. The Labute approximate surface area is 184 Å². The molecule has 0 saturated heterocycles. The second kappa shape index (κ2) is 7.20. The molecule has 4 aromatic rings. The molecule has 3 aromatic carbocycles. The van der Waals surface area contributed by atoms with Crippen molar-refractivity contribution < 1.29 is 23.7 Å². The zero-order valence-electron chi connectivity index (χ0n) is 17.3. The molecule has 6 nitrogen and oxygen atoms in total. The van der Waals surface area contributed by atoms with Crippen molar-refractivity contribution in [3.05, 3.63) is 84.2 Å². The molecule has 0 aliphatic carbocycles. The van der Waals surface area contributed by atoms with E-state index in [2.05, 4.69) is 0 Å². The molecule has 1 aromatic heterocycles. The fourth-order valence-corrected chi connectivity index (χ4v) is 4.22. The normalized spacial score (nSPS) is 14.3. The van der Waals surface area contributed by atoms with Crippen LogP contribution >= 0.6 is 0 Å². The zero-order valence-corrected chi connectivity index (χ0v) is 17.3. The summed E-state index contributed by atoms with van der Waals surface area (Å²) in [5, 5.41) is 2.05. The van der Waals surface area contributed by atoms with Gasteiger partial charge >= 0.3 is 5.97 Å². The van der Waals surface area contributed by atoms with E-state index in [4.69, 9.17) is 18.9 Å². The molecule has 6 heteroatoms. The fraction of sp³-hybridized carbons (Fsp3) is 0.115. The monoisotopic (exact) mass is 425 g/mol. The third-order valence-corrected chi connectivity index (χ3v) is 5.56. The van der Waals surface area contributed by atoms with Gasteiger partial charge in [0.15, 0.2) is 28.8 Å². The van der Waals surface area contributed by atoms with Gasteiger partial charge < -0.3 is 23.5 Å². The number of ether oxygens (including phenoxy) is 4. The highest BCUT2D eigenvalue weighted by Gasteiger charge is 2.29. The van der Waals surface area contributed by atoms with Gasteiger partial charge in [-0.3, -0.25) is 4.79 Å². The lowest BCUT2D eigenvalue weighted by Crippen LogP contribution is -2.15. The Bertz CT molecular complexity index is 1410. The van der Waals surface area contributed by atoms with Crippen LogP contribution in [-0.2, 0) is 9.53 Å². The molecule has 32 heavy (non-hydrogen) atoms. The van der Waals surface area contributed by atoms with Gasteiger partial charge in [-0.05, 0) is 22.9 Å². The first-order valence-electron chi connectivity index (χ1n) is 10.4. The summed E-state index contributed by atoms with van der Waals surface area (Å²) in [6.07, 6.45) is 1.91. The number of hydrogen-bond acceptors (Lipinski definition) is 5. The molecule has 0 saturated carbocycles. The van der Waals surface area contributed by atoms with Crippen LogP contribution in [0.15, 0.2) is 72.9 Å². The first kappa shape index (κ1) is 18.6. The first-order valence-corrected chi connectivity index (χ1v) is 10.4. The van der Waals surface area contributed by atoms with Gasteiger partial charge in [-0.2, -0.15) is 0 Å². The van der Waals surface area contributed by atoms with E-state index in [1.54, 1.807) is 0 Å². The van der Waals surface area contributed by atoms with Gasteiger partial charge in [-0.25, -0.2) is 0 Å². The van der Waals surface area contributed by atoms with Crippen LogP contribution in [0.3, 0.4) is 0 Å². The van der Waals surface area contributed by atoms with Gasteiger partial charge in [-0.15, -0.1) is 0 Å². The van der Waals surface area contributed by atoms with Crippen molar-refractivity contribution in [1.82, 2.24) is 4.57 Å². The molecule has 158 valence electrons. The van der Waals surface area contributed by atoms with E-state index in [0.717, 1.165) is 22.0 Å². The summed E-state index contributed by atoms with van der Waals surface area (Å²) in [7, 11) is 0. The number of esters is 1. The van der Waals surface area contributed by atoms with E-state index in [9.17, 15) is 4.79 Å². The lowest BCUT2D eigenvalue weighted by Gasteiger charge is -2.21. The van der Waals surface area contributed by atoms with Crippen molar-refractivity contribution >= 4 is 28.3 Å². The number of nitrogens with zero attached hydrogens (tertiary/aromatic N) is 1. The highest BCUT2D eigenvalue weighted by Crippen LogP contribution is 2.45. The van der Waals surface area contributed by atoms with Crippen LogP contribution in [0.25, 0.3) is 28.0 Å². The lowest BCUT2D eigenvalue weighted by molar-refractivity contribution is -0.134. The van der Waals surface area contributed by atoms with E-state index < -0.39 is 5.97 Å². The molecule has 0 atom stereocenters. The minimum atomic E-state index is -0.425. The molecule has 0 unspecified atom stereocenters. The molecule has 0 radical (unpaired) electrons. The fourth-order valence-electron chi connectivity index (χ4n) is 4.22. The molecule has 0 amide bonds. The van der Waals surface area contributed by atoms with E-state index in [-0.39, 0.29) is 0 Å². The summed E-state index contributed by atoms with van der Waals surface area (Å²) in [4.78, 5) is 12.1. The average Bonchev–Trinajstić information content (AvgIpc) is 3.26. The van der Waals surface area contributed by atoms with Crippen molar-refractivity contribution in [3.63, 3.8) is 0 Å². The molecule has 6 rings (SSSR count). The van der Waals surface area contributed by atoms with Crippen LogP contribution in [0.4, 0.5) is 0 Å². The third-order valence-electron chi connectivity index (χ3n) is 5.56. The maximum absolute atomic E-state index is 12.1. The quantitative estimate of drug-likeness (QED) is 0.414. The van der Waals surface area contributed by atoms with Crippen molar-refractivity contribution in [2.24, 2.45) is 0 Å². The Kier molecular flexibility index (Phi) is 4.18. The summed E-state index contributed by atoms with van der Waals surface area (Å²) >= 11 is 0. The molecule has 0 spiro atoms. The zero-order chi connectivity index (χ0) is 21.7. The number of aromatic nitrogens is 1. The van der Waals surface area contributed by atoms with Gasteiger partial charge in [0.25, 0.3) is 0 Å². The van der Waals surface area contributed by atoms with Crippen molar-refractivity contribution in [2.45, 2.75) is 6.92 Å².